The summed E-state index contributed by atoms with van der Waals surface area (Å²) >= 11 is 1.78. The van der Waals surface area contributed by atoms with E-state index in [1.54, 1.807) is 11.8 Å². The number of hydrogen-bond acceptors (Lipinski definition) is 3. The Bertz CT molecular complexity index is 837. The van der Waals surface area contributed by atoms with E-state index in [-0.39, 0.29) is 5.91 Å². The van der Waals surface area contributed by atoms with Crippen LogP contribution in [0.1, 0.15) is 29.9 Å². The highest BCUT2D eigenvalue weighted by Gasteiger charge is 2.08. The highest BCUT2D eigenvalue weighted by Crippen LogP contribution is 2.24. The van der Waals surface area contributed by atoms with Gasteiger partial charge in [0, 0.05) is 32.5 Å². The van der Waals surface area contributed by atoms with Gasteiger partial charge in [0.15, 0.2) is 0 Å². The maximum atomic E-state index is 12.3. The SMILES string of the molecule is Cc1[nH]nc2cc(NC(=O)c3ccc(SC(C)C)cc3)ccc12. The number of fused-ring (bicyclic) bond motifs is 1. The van der Waals surface area contributed by atoms with Crippen LogP contribution in [0.5, 0.6) is 0 Å². The maximum absolute atomic E-state index is 12.3. The Morgan fingerprint density at radius 2 is 1.91 bits per heavy atom. The van der Waals surface area contributed by atoms with E-state index in [4.69, 9.17) is 0 Å². The predicted octanol–water partition coefficient (Wildman–Crippen LogP) is 4.62. The third-order valence-corrected chi connectivity index (χ3v) is 4.51. The molecule has 0 radical (unpaired) electrons. The Morgan fingerprint density at radius 3 is 2.61 bits per heavy atom. The van der Waals surface area contributed by atoms with Gasteiger partial charge in [0.1, 0.15) is 0 Å². The second-order valence-corrected chi connectivity index (χ2v) is 7.38. The van der Waals surface area contributed by atoms with E-state index < -0.39 is 0 Å². The van der Waals surface area contributed by atoms with E-state index in [1.165, 1.54) is 4.90 Å². The van der Waals surface area contributed by atoms with Gasteiger partial charge in [-0.3, -0.25) is 9.89 Å². The average Bonchev–Trinajstić information content (AvgIpc) is 2.88. The first-order valence-electron chi connectivity index (χ1n) is 7.56. The van der Waals surface area contributed by atoms with Crippen molar-refractivity contribution in [2.24, 2.45) is 0 Å². The Morgan fingerprint density at radius 1 is 1.17 bits per heavy atom. The summed E-state index contributed by atoms with van der Waals surface area (Å²) in [5, 5.41) is 11.7. The van der Waals surface area contributed by atoms with Gasteiger partial charge in [0.2, 0.25) is 0 Å². The predicted molar refractivity (Wildman–Crippen MR) is 96.2 cm³/mol. The highest BCUT2D eigenvalue weighted by molar-refractivity contribution is 7.99. The number of rotatable bonds is 4. The van der Waals surface area contributed by atoms with Crippen LogP contribution in [0, 0.1) is 6.92 Å². The number of nitrogens with one attached hydrogen (secondary N) is 2. The summed E-state index contributed by atoms with van der Waals surface area (Å²) in [7, 11) is 0. The van der Waals surface area contributed by atoms with Crippen molar-refractivity contribution in [3.8, 4) is 0 Å². The molecule has 0 saturated heterocycles. The zero-order chi connectivity index (χ0) is 16.4. The molecule has 3 rings (SSSR count). The molecule has 0 aliphatic heterocycles. The molecule has 0 atom stereocenters. The second kappa shape index (κ2) is 6.46. The molecule has 5 heteroatoms. The Kier molecular flexibility index (Phi) is 4.39. The summed E-state index contributed by atoms with van der Waals surface area (Å²) in [5.74, 6) is -0.113. The Balaban J connectivity index is 1.74. The van der Waals surface area contributed by atoms with Crippen LogP contribution >= 0.6 is 11.8 Å². The fraction of sp³-hybridized carbons (Fsp3) is 0.222. The average molecular weight is 325 g/mol. The number of carbonyl (C=O) groups excluding carboxylic acids is 1. The number of aryl methyl sites for hydroxylation is 1. The number of benzene rings is 2. The van der Waals surface area contributed by atoms with Crippen molar-refractivity contribution in [1.82, 2.24) is 10.2 Å². The quantitative estimate of drug-likeness (QED) is 0.688. The van der Waals surface area contributed by atoms with Crippen LogP contribution in [0.15, 0.2) is 47.4 Å². The number of hydrogen-bond donors (Lipinski definition) is 2. The van der Waals surface area contributed by atoms with E-state index in [0.29, 0.717) is 10.8 Å². The summed E-state index contributed by atoms with van der Waals surface area (Å²) in [4.78, 5) is 13.5. The monoisotopic (exact) mass is 325 g/mol. The topological polar surface area (TPSA) is 57.8 Å². The molecule has 0 spiro atoms. The smallest absolute Gasteiger partial charge is 0.255 e. The van der Waals surface area contributed by atoms with Crippen molar-refractivity contribution >= 4 is 34.3 Å². The second-order valence-electron chi connectivity index (χ2n) is 5.73. The first-order valence-corrected chi connectivity index (χ1v) is 8.43. The van der Waals surface area contributed by atoms with Crippen LogP contribution in [-0.4, -0.2) is 21.4 Å². The number of aromatic nitrogens is 2. The molecule has 0 unspecified atom stereocenters. The van der Waals surface area contributed by atoms with Gasteiger partial charge in [-0.1, -0.05) is 13.8 Å². The molecule has 0 saturated carbocycles. The fourth-order valence-corrected chi connectivity index (χ4v) is 3.22. The van der Waals surface area contributed by atoms with E-state index in [2.05, 4.69) is 29.4 Å². The van der Waals surface area contributed by atoms with Crippen molar-refractivity contribution in [2.75, 3.05) is 5.32 Å². The Hall–Kier alpha value is -2.27. The molecule has 3 aromatic rings. The third kappa shape index (κ3) is 3.56. The van der Waals surface area contributed by atoms with Gasteiger partial charge in [0.05, 0.1) is 5.52 Å². The first-order chi connectivity index (χ1) is 11.0. The summed E-state index contributed by atoms with van der Waals surface area (Å²) in [5.41, 5.74) is 3.27. The first kappa shape index (κ1) is 15.6. The summed E-state index contributed by atoms with van der Waals surface area (Å²) in [6.07, 6.45) is 0. The van der Waals surface area contributed by atoms with Crippen LogP contribution in [0.25, 0.3) is 10.9 Å². The molecule has 1 heterocycles. The van der Waals surface area contributed by atoms with Gasteiger partial charge in [-0.25, -0.2) is 0 Å². The van der Waals surface area contributed by atoms with Gasteiger partial charge in [0.25, 0.3) is 5.91 Å². The van der Waals surface area contributed by atoms with Crippen LogP contribution in [0.2, 0.25) is 0 Å². The van der Waals surface area contributed by atoms with Gasteiger partial charge in [-0.2, -0.15) is 5.10 Å². The van der Waals surface area contributed by atoms with Gasteiger partial charge in [-0.05, 0) is 49.4 Å². The van der Waals surface area contributed by atoms with Crippen molar-refractivity contribution in [2.45, 2.75) is 30.9 Å². The molecule has 1 amide bonds. The lowest BCUT2D eigenvalue weighted by Crippen LogP contribution is -2.11. The largest absolute Gasteiger partial charge is 0.322 e. The molecule has 0 bridgehead atoms. The summed E-state index contributed by atoms with van der Waals surface area (Å²) < 4.78 is 0. The lowest BCUT2D eigenvalue weighted by Gasteiger charge is -2.07. The molecule has 0 aliphatic rings. The minimum Gasteiger partial charge on any atom is -0.322 e. The van der Waals surface area contributed by atoms with E-state index in [0.717, 1.165) is 22.3 Å². The number of aromatic amines is 1. The molecular formula is C18H19N3OS. The minimum absolute atomic E-state index is 0.113. The van der Waals surface area contributed by atoms with Crippen LogP contribution in [0.3, 0.4) is 0 Å². The van der Waals surface area contributed by atoms with E-state index in [1.807, 2.05) is 49.4 Å². The van der Waals surface area contributed by atoms with Crippen molar-refractivity contribution in [3.63, 3.8) is 0 Å². The molecule has 2 aromatic carbocycles. The van der Waals surface area contributed by atoms with Crippen LogP contribution in [-0.2, 0) is 0 Å². The normalized spacial score (nSPS) is 11.1. The maximum Gasteiger partial charge on any atom is 0.255 e. The molecule has 4 nitrogen and oxygen atoms in total. The van der Waals surface area contributed by atoms with E-state index in [9.17, 15) is 4.79 Å². The van der Waals surface area contributed by atoms with Gasteiger partial charge in [-0.15, -0.1) is 11.8 Å². The molecule has 118 valence electrons. The summed E-state index contributed by atoms with van der Waals surface area (Å²) in [6, 6.07) is 13.4. The minimum atomic E-state index is -0.113. The van der Waals surface area contributed by atoms with E-state index >= 15 is 0 Å². The fourth-order valence-electron chi connectivity index (χ4n) is 2.38. The number of nitrogens with zero attached hydrogens (tertiary/aromatic N) is 1. The molecule has 0 aliphatic carbocycles. The van der Waals surface area contributed by atoms with Crippen LogP contribution < -0.4 is 5.32 Å². The molecule has 23 heavy (non-hydrogen) atoms. The Labute approximate surface area is 139 Å². The number of carbonyl (C=O) groups is 1. The molecular weight excluding hydrogens is 306 g/mol. The van der Waals surface area contributed by atoms with Crippen molar-refractivity contribution in [3.05, 3.63) is 53.7 Å². The third-order valence-electron chi connectivity index (χ3n) is 3.49. The molecule has 0 fully saturated rings. The zero-order valence-electron chi connectivity index (χ0n) is 13.4. The number of H-pyrrole nitrogens is 1. The lowest BCUT2D eigenvalue weighted by atomic mass is 10.2. The highest BCUT2D eigenvalue weighted by atomic mass is 32.2. The van der Waals surface area contributed by atoms with Gasteiger partial charge >= 0.3 is 0 Å². The standard InChI is InChI=1S/C18H19N3OS/c1-11(2)23-15-7-4-13(5-8-15)18(22)19-14-6-9-16-12(3)20-21-17(16)10-14/h4-11H,1-3H3,(H,19,22)(H,20,21). The molecule has 1 aromatic heterocycles. The van der Waals surface area contributed by atoms with Crippen molar-refractivity contribution in [1.29, 1.82) is 0 Å². The van der Waals surface area contributed by atoms with Gasteiger partial charge < -0.3 is 5.32 Å². The number of anilines is 1. The zero-order valence-corrected chi connectivity index (χ0v) is 14.2. The van der Waals surface area contributed by atoms with Crippen molar-refractivity contribution < 1.29 is 4.79 Å². The number of thioether (sulfide) groups is 1. The lowest BCUT2D eigenvalue weighted by molar-refractivity contribution is 0.102. The molecule has 2 N–H and O–H groups in total. The number of amides is 1. The summed E-state index contributed by atoms with van der Waals surface area (Å²) in [6.45, 7) is 6.28. The van der Waals surface area contributed by atoms with Crippen LogP contribution in [0.4, 0.5) is 5.69 Å².